The zero-order valence-electron chi connectivity index (χ0n) is 8.55. The van der Waals surface area contributed by atoms with Gasteiger partial charge in [-0.2, -0.15) is 0 Å². The molecule has 0 aromatic carbocycles. The molecule has 0 aromatic rings. The molecule has 1 aliphatic rings. The van der Waals surface area contributed by atoms with Crippen molar-refractivity contribution in [2.24, 2.45) is 0 Å². The van der Waals surface area contributed by atoms with Crippen molar-refractivity contribution in [3.63, 3.8) is 0 Å². The maximum atomic E-state index is 11.4. The first kappa shape index (κ1) is 10.5. The zero-order valence-corrected chi connectivity index (χ0v) is 8.55. The molecule has 1 fully saturated rings. The van der Waals surface area contributed by atoms with Gasteiger partial charge in [0.25, 0.3) is 0 Å². The lowest BCUT2D eigenvalue weighted by Crippen LogP contribution is -2.50. The lowest BCUT2D eigenvalue weighted by atomic mass is 10.3. The number of amides is 1. The second-order valence-corrected chi connectivity index (χ2v) is 3.35. The molecule has 76 valence electrons. The van der Waals surface area contributed by atoms with Crippen LogP contribution in [0, 0.1) is 0 Å². The van der Waals surface area contributed by atoms with Crippen LogP contribution < -0.4 is 5.32 Å². The van der Waals surface area contributed by atoms with Crippen LogP contribution in [0.25, 0.3) is 0 Å². The van der Waals surface area contributed by atoms with Gasteiger partial charge in [-0.15, -0.1) is 0 Å². The molecule has 0 unspecified atom stereocenters. The summed E-state index contributed by atoms with van der Waals surface area (Å²) in [6, 6.07) is 0. The highest BCUT2D eigenvalue weighted by Crippen LogP contribution is 2.00. The van der Waals surface area contributed by atoms with E-state index in [0.29, 0.717) is 6.54 Å². The van der Waals surface area contributed by atoms with Gasteiger partial charge in [0.15, 0.2) is 0 Å². The highest BCUT2D eigenvalue weighted by Gasteiger charge is 2.18. The summed E-state index contributed by atoms with van der Waals surface area (Å²) in [7, 11) is 1.81. The van der Waals surface area contributed by atoms with E-state index in [0.717, 1.165) is 32.7 Å². The van der Waals surface area contributed by atoms with Crippen molar-refractivity contribution >= 4 is 5.91 Å². The van der Waals surface area contributed by atoms with E-state index in [1.807, 2.05) is 4.90 Å². The zero-order chi connectivity index (χ0) is 9.68. The number of likely N-dealkylation sites (N-methyl/N-ethyl adjacent to an activating group) is 2. The van der Waals surface area contributed by atoms with Crippen LogP contribution in [0.4, 0.5) is 0 Å². The summed E-state index contributed by atoms with van der Waals surface area (Å²) in [6.07, 6.45) is 0. The van der Waals surface area contributed by atoms with Gasteiger partial charge >= 0.3 is 0 Å². The fraction of sp³-hybridized carbons (Fsp3) is 0.889. The highest BCUT2D eigenvalue weighted by molar-refractivity contribution is 5.78. The number of nitrogens with one attached hydrogen (secondary N) is 1. The first-order valence-corrected chi connectivity index (χ1v) is 4.92. The lowest BCUT2D eigenvalue weighted by molar-refractivity contribution is -0.131. The molecule has 1 aliphatic heterocycles. The van der Waals surface area contributed by atoms with Gasteiger partial charge in [0.1, 0.15) is 0 Å². The molecule has 0 atom stereocenters. The van der Waals surface area contributed by atoms with Crippen LogP contribution in [0.15, 0.2) is 0 Å². The van der Waals surface area contributed by atoms with Gasteiger partial charge in [-0.05, 0) is 13.6 Å². The topological polar surface area (TPSA) is 35.6 Å². The molecule has 0 spiro atoms. The molecular weight excluding hydrogens is 166 g/mol. The Labute approximate surface area is 79.9 Å². The maximum Gasteiger partial charge on any atom is 0.236 e. The number of piperazine rings is 1. The van der Waals surface area contributed by atoms with Crippen LogP contribution >= 0.6 is 0 Å². The van der Waals surface area contributed by atoms with Crippen LogP contribution in [0.2, 0.25) is 0 Å². The standard InChI is InChI=1S/C9H19N3O/c1-3-11-4-6-12(7-5-11)9(13)8-10-2/h10H,3-8H2,1-2H3. The van der Waals surface area contributed by atoms with Crippen LogP contribution in [0.3, 0.4) is 0 Å². The fourth-order valence-corrected chi connectivity index (χ4v) is 1.58. The van der Waals surface area contributed by atoms with Gasteiger partial charge in [0, 0.05) is 26.2 Å². The predicted octanol–water partition coefficient (Wildman–Crippen LogP) is -0.630. The SMILES string of the molecule is CCN1CCN(C(=O)CNC)CC1. The Balaban J connectivity index is 2.28. The first-order valence-electron chi connectivity index (χ1n) is 4.92. The van der Waals surface area contributed by atoms with Gasteiger partial charge < -0.3 is 15.1 Å². The van der Waals surface area contributed by atoms with Crippen molar-refractivity contribution in [1.29, 1.82) is 0 Å². The Kier molecular flexibility index (Phi) is 4.18. The van der Waals surface area contributed by atoms with E-state index in [1.165, 1.54) is 0 Å². The largest absolute Gasteiger partial charge is 0.339 e. The van der Waals surface area contributed by atoms with E-state index in [-0.39, 0.29) is 5.91 Å². The van der Waals surface area contributed by atoms with Crippen LogP contribution in [0.1, 0.15) is 6.92 Å². The summed E-state index contributed by atoms with van der Waals surface area (Å²) in [4.78, 5) is 15.7. The molecule has 1 N–H and O–H groups in total. The smallest absolute Gasteiger partial charge is 0.236 e. The third-order valence-electron chi connectivity index (χ3n) is 2.50. The minimum Gasteiger partial charge on any atom is -0.339 e. The quantitative estimate of drug-likeness (QED) is 0.636. The second kappa shape index (κ2) is 5.19. The van der Waals surface area contributed by atoms with Crippen molar-refractivity contribution in [1.82, 2.24) is 15.1 Å². The van der Waals surface area contributed by atoms with Crippen molar-refractivity contribution in [2.45, 2.75) is 6.92 Å². The third kappa shape index (κ3) is 2.97. The molecule has 0 aliphatic carbocycles. The summed E-state index contributed by atoms with van der Waals surface area (Å²) < 4.78 is 0. The summed E-state index contributed by atoms with van der Waals surface area (Å²) in [6.45, 7) is 7.52. The number of hydrogen-bond donors (Lipinski definition) is 1. The maximum absolute atomic E-state index is 11.4. The first-order chi connectivity index (χ1) is 6.27. The van der Waals surface area contributed by atoms with Crippen LogP contribution in [0.5, 0.6) is 0 Å². The highest BCUT2D eigenvalue weighted by atomic mass is 16.2. The van der Waals surface area contributed by atoms with E-state index in [4.69, 9.17) is 0 Å². The Hall–Kier alpha value is -0.610. The van der Waals surface area contributed by atoms with Gasteiger partial charge in [-0.3, -0.25) is 4.79 Å². The van der Waals surface area contributed by atoms with Gasteiger partial charge in [0.05, 0.1) is 6.54 Å². The second-order valence-electron chi connectivity index (χ2n) is 3.35. The minimum atomic E-state index is 0.221. The number of nitrogens with zero attached hydrogens (tertiary/aromatic N) is 2. The van der Waals surface area contributed by atoms with E-state index in [2.05, 4.69) is 17.1 Å². The molecule has 1 rings (SSSR count). The lowest BCUT2D eigenvalue weighted by Gasteiger charge is -2.34. The van der Waals surface area contributed by atoms with Gasteiger partial charge in [-0.1, -0.05) is 6.92 Å². The number of carbonyl (C=O) groups is 1. The predicted molar refractivity (Wildman–Crippen MR) is 52.6 cm³/mol. The van der Waals surface area contributed by atoms with E-state index >= 15 is 0 Å². The number of carbonyl (C=O) groups excluding carboxylic acids is 1. The molecule has 0 radical (unpaired) electrons. The monoisotopic (exact) mass is 185 g/mol. The van der Waals surface area contributed by atoms with E-state index < -0.39 is 0 Å². The molecule has 0 saturated carbocycles. The van der Waals surface area contributed by atoms with Crippen molar-refractivity contribution in [2.75, 3.05) is 46.3 Å². The molecule has 4 heteroatoms. The molecule has 1 amide bonds. The van der Waals surface area contributed by atoms with Gasteiger partial charge in [0.2, 0.25) is 5.91 Å². The summed E-state index contributed by atoms with van der Waals surface area (Å²) in [5, 5.41) is 2.89. The molecule has 1 heterocycles. The molecule has 1 saturated heterocycles. The summed E-state index contributed by atoms with van der Waals surface area (Å²) in [5.74, 6) is 0.221. The Bertz CT molecular complexity index is 164. The fourth-order valence-electron chi connectivity index (χ4n) is 1.58. The molecule has 4 nitrogen and oxygen atoms in total. The Morgan fingerprint density at radius 1 is 1.31 bits per heavy atom. The molecule has 13 heavy (non-hydrogen) atoms. The van der Waals surface area contributed by atoms with Crippen molar-refractivity contribution < 1.29 is 4.79 Å². The Morgan fingerprint density at radius 3 is 2.38 bits per heavy atom. The van der Waals surface area contributed by atoms with Crippen LogP contribution in [-0.4, -0.2) is 62.0 Å². The van der Waals surface area contributed by atoms with Crippen LogP contribution in [-0.2, 0) is 4.79 Å². The summed E-state index contributed by atoms with van der Waals surface area (Å²) >= 11 is 0. The average molecular weight is 185 g/mol. The van der Waals surface area contributed by atoms with Gasteiger partial charge in [-0.25, -0.2) is 0 Å². The number of hydrogen-bond acceptors (Lipinski definition) is 3. The molecule has 0 aromatic heterocycles. The van der Waals surface area contributed by atoms with E-state index in [1.54, 1.807) is 7.05 Å². The molecular formula is C9H19N3O. The molecule has 0 bridgehead atoms. The third-order valence-corrected chi connectivity index (χ3v) is 2.50. The average Bonchev–Trinajstić information content (AvgIpc) is 2.18. The van der Waals surface area contributed by atoms with Crippen molar-refractivity contribution in [3.8, 4) is 0 Å². The normalized spacial score (nSPS) is 19.1. The van der Waals surface area contributed by atoms with E-state index in [9.17, 15) is 4.79 Å². The summed E-state index contributed by atoms with van der Waals surface area (Å²) in [5.41, 5.74) is 0. The number of rotatable bonds is 3. The van der Waals surface area contributed by atoms with Crippen molar-refractivity contribution in [3.05, 3.63) is 0 Å². The minimum absolute atomic E-state index is 0.221. The Morgan fingerprint density at radius 2 is 1.92 bits per heavy atom.